The van der Waals surface area contributed by atoms with Crippen LogP contribution in [0.3, 0.4) is 0 Å². The van der Waals surface area contributed by atoms with Crippen molar-refractivity contribution in [2.75, 3.05) is 23.3 Å². The molecule has 2 heterocycles. The number of amides is 1. The number of nitrogens with one attached hydrogen (secondary N) is 1. The lowest BCUT2D eigenvalue weighted by molar-refractivity contribution is 0.0977. The van der Waals surface area contributed by atoms with Crippen LogP contribution in [0.5, 0.6) is 0 Å². The second-order valence-corrected chi connectivity index (χ2v) is 5.65. The summed E-state index contributed by atoms with van der Waals surface area (Å²) in [4.78, 5) is 14.9. The van der Waals surface area contributed by atoms with Gasteiger partial charge in [-0.2, -0.15) is 0 Å². The number of nitrogens with zero attached hydrogens (tertiary/aromatic N) is 2. The Morgan fingerprint density at radius 3 is 2.81 bits per heavy atom. The van der Waals surface area contributed by atoms with Gasteiger partial charge >= 0.3 is 0 Å². The van der Waals surface area contributed by atoms with Crippen LogP contribution in [0, 0.1) is 0 Å². The van der Waals surface area contributed by atoms with E-state index in [1.165, 1.54) is 0 Å². The molecule has 1 aromatic carbocycles. The van der Waals surface area contributed by atoms with Crippen molar-refractivity contribution in [3.8, 4) is 0 Å². The SMILES string of the molecule is CC(C)n1cccc1C(=O)N1CCCNc2ccccc21. The summed E-state index contributed by atoms with van der Waals surface area (Å²) in [7, 11) is 0. The predicted molar refractivity (Wildman–Crippen MR) is 86.0 cm³/mol. The van der Waals surface area contributed by atoms with Crippen LogP contribution in [-0.4, -0.2) is 23.6 Å². The molecule has 4 heteroatoms. The second kappa shape index (κ2) is 5.64. The quantitative estimate of drug-likeness (QED) is 0.915. The van der Waals surface area contributed by atoms with Crippen LogP contribution < -0.4 is 10.2 Å². The van der Waals surface area contributed by atoms with E-state index in [1.54, 1.807) is 0 Å². The van der Waals surface area contributed by atoms with Gasteiger partial charge in [0.15, 0.2) is 0 Å². The lowest BCUT2D eigenvalue weighted by atomic mass is 10.2. The molecule has 0 saturated heterocycles. The molecule has 1 aromatic heterocycles. The van der Waals surface area contributed by atoms with Gasteiger partial charge in [-0.15, -0.1) is 0 Å². The maximum atomic E-state index is 13.0. The van der Waals surface area contributed by atoms with Crippen molar-refractivity contribution in [2.45, 2.75) is 26.3 Å². The van der Waals surface area contributed by atoms with Gasteiger partial charge in [-0.05, 0) is 44.5 Å². The minimum absolute atomic E-state index is 0.0739. The normalized spacial score (nSPS) is 14.5. The van der Waals surface area contributed by atoms with Gasteiger partial charge in [0.2, 0.25) is 0 Å². The molecule has 0 radical (unpaired) electrons. The van der Waals surface area contributed by atoms with Gasteiger partial charge in [0.25, 0.3) is 5.91 Å². The largest absolute Gasteiger partial charge is 0.383 e. The molecule has 1 aliphatic rings. The van der Waals surface area contributed by atoms with E-state index >= 15 is 0 Å². The molecular formula is C17H21N3O. The lowest BCUT2D eigenvalue weighted by Gasteiger charge is -2.24. The third-order valence-corrected chi connectivity index (χ3v) is 3.87. The van der Waals surface area contributed by atoms with Gasteiger partial charge in [0.1, 0.15) is 5.69 Å². The summed E-state index contributed by atoms with van der Waals surface area (Å²) in [5, 5.41) is 3.39. The number of fused-ring (bicyclic) bond motifs is 1. The predicted octanol–water partition coefficient (Wildman–Crippen LogP) is 3.53. The molecule has 0 saturated carbocycles. The number of para-hydroxylation sites is 2. The van der Waals surface area contributed by atoms with Crippen molar-refractivity contribution >= 4 is 17.3 Å². The van der Waals surface area contributed by atoms with Gasteiger partial charge in [-0.3, -0.25) is 4.79 Å². The van der Waals surface area contributed by atoms with Crippen molar-refractivity contribution < 1.29 is 4.79 Å². The Bertz CT molecular complexity index is 645. The zero-order valence-corrected chi connectivity index (χ0v) is 12.5. The monoisotopic (exact) mass is 283 g/mol. The van der Waals surface area contributed by atoms with Crippen molar-refractivity contribution in [3.05, 3.63) is 48.3 Å². The summed E-state index contributed by atoms with van der Waals surface area (Å²) >= 11 is 0. The molecule has 0 bridgehead atoms. The molecule has 0 fully saturated rings. The number of aromatic nitrogens is 1. The smallest absolute Gasteiger partial charge is 0.274 e. The topological polar surface area (TPSA) is 37.3 Å². The third kappa shape index (κ3) is 2.53. The van der Waals surface area contributed by atoms with E-state index in [0.717, 1.165) is 36.6 Å². The first-order valence-corrected chi connectivity index (χ1v) is 7.50. The van der Waals surface area contributed by atoms with Crippen LogP contribution in [0.2, 0.25) is 0 Å². The number of benzene rings is 1. The average Bonchev–Trinajstić information content (AvgIpc) is 2.88. The van der Waals surface area contributed by atoms with Crippen LogP contribution >= 0.6 is 0 Å². The minimum Gasteiger partial charge on any atom is -0.383 e. The molecule has 3 rings (SSSR count). The molecule has 1 aliphatic heterocycles. The summed E-state index contributed by atoms with van der Waals surface area (Å²) in [6.07, 6.45) is 2.92. The Morgan fingerprint density at radius 1 is 1.19 bits per heavy atom. The highest BCUT2D eigenvalue weighted by atomic mass is 16.2. The minimum atomic E-state index is 0.0739. The zero-order valence-electron chi connectivity index (χ0n) is 12.5. The molecule has 0 spiro atoms. The van der Waals surface area contributed by atoms with E-state index in [1.807, 2.05) is 52.1 Å². The molecule has 4 nitrogen and oxygen atoms in total. The lowest BCUT2D eigenvalue weighted by Crippen LogP contribution is -2.33. The van der Waals surface area contributed by atoms with E-state index in [-0.39, 0.29) is 11.9 Å². The van der Waals surface area contributed by atoms with E-state index in [4.69, 9.17) is 0 Å². The first-order valence-electron chi connectivity index (χ1n) is 7.50. The average molecular weight is 283 g/mol. The number of anilines is 2. The molecule has 2 aromatic rings. The molecule has 1 N–H and O–H groups in total. The van der Waals surface area contributed by atoms with Crippen LogP contribution in [-0.2, 0) is 0 Å². The Hall–Kier alpha value is -2.23. The summed E-state index contributed by atoms with van der Waals surface area (Å²) in [5.74, 6) is 0.0739. The second-order valence-electron chi connectivity index (χ2n) is 5.65. The highest BCUT2D eigenvalue weighted by Gasteiger charge is 2.24. The van der Waals surface area contributed by atoms with Gasteiger partial charge in [0, 0.05) is 25.3 Å². The van der Waals surface area contributed by atoms with Crippen LogP contribution in [0.4, 0.5) is 11.4 Å². The Kier molecular flexibility index (Phi) is 3.69. The Morgan fingerprint density at radius 2 is 2.00 bits per heavy atom. The number of carbonyl (C=O) groups is 1. The van der Waals surface area contributed by atoms with E-state index in [0.29, 0.717) is 0 Å². The standard InChI is InChI=1S/C17H21N3O/c1-13(2)19-11-5-9-16(19)17(21)20-12-6-10-18-14-7-3-4-8-15(14)20/h3-5,7-9,11,13,18H,6,10,12H2,1-2H3. The highest BCUT2D eigenvalue weighted by molar-refractivity contribution is 6.07. The summed E-state index contributed by atoms with van der Waals surface area (Å²) in [5.41, 5.74) is 2.75. The summed E-state index contributed by atoms with van der Waals surface area (Å²) in [6.45, 7) is 5.82. The molecule has 0 atom stereocenters. The fraction of sp³-hybridized carbons (Fsp3) is 0.353. The molecule has 0 unspecified atom stereocenters. The fourth-order valence-electron chi connectivity index (χ4n) is 2.81. The maximum Gasteiger partial charge on any atom is 0.274 e. The number of hydrogen-bond donors (Lipinski definition) is 1. The fourth-order valence-corrected chi connectivity index (χ4v) is 2.81. The molecular weight excluding hydrogens is 262 g/mol. The van der Waals surface area contributed by atoms with Gasteiger partial charge in [0.05, 0.1) is 11.4 Å². The summed E-state index contributed by atoms with van der Waals surface area (Å²) < 4.78 is 2.03. The van der Waals surface area contributed by atoms with Crippen molar-refractivity contribution in [1.29, 1.82) is 0 Å². The highest BCUT2D eigenvalue weighted by Crippen LogP contribution is 2.29. The first-order chi connectivity index (χ1) is 10.2. The number of rotatable bonds is 2. The first kappa shape index (κ1) is 13.7. The molecule has 21 heavy (non-hydrogen) atoms. The van der Waals surface area contributed by atoms with Crippen LogP contribution in [0.25, 0.3) is 0 Å². The van der Waals surface area contributed by atoms with Crippen LogP contribution in [0.15, 0.2) is 42.6 Å². The summed E-state index contributed by atoms with van der Waals surface area (Å²) in [6, 6.07) is 12.1. The van der Waals surface area contributed by atoms with Gasteiger partial charge in [-0.1, -0.05) is 12.1 Å². The van der Waals surface area contributed by atoms with Crippen molar-refractivity contribution in [2.24, 2.45) is 0 Å². The maximum absolute atomic E-state index is 13.0. The van der Waals surface area contributed by atoms with Gasteiger partial charge < -0.3 is 14.8 Å². The molecule has 110 valence electrons. The van der Waals surface area contributed by atoms with E-state index in [2.05, 4.69) is 19.2 Å². The Labute approximate surface area is 125 Å². The molecule has 1 amide bonds. The number of carbonyl (C=O) groups excluding carboxylic acids is 1. The molecule has 0 aliphatic carbocycles. The van der Waals surface area contributed by atoms with Crippen LogP contribution in [0.1, 0.15) is 36.8 Å². The van der Waals surface area contributed by atoms with Crippen molar-refractivity contribution in [3.63, 3.8) is 0 Å². The third-order valence-electron chi connectivity index (χ3n) is 3.87. The van der Waals surface area contributed by atoms with E-state index < -0.39 is 0 Å². The zero-order chi connectivity index (χ0) is 14.8. The van der Waals surface area contributed by atoms with E-state index in [9.17, 15) is 4.79 Å². The van der Waals surface area contributed by atoms with Gasteiger partial charge in [-0.25, -0.2) is 0 Å². The Balaban J connectivity index is 1.99. The van der Waals surface area contributed by atoms with Crippen molar-refractivity contribution in [1.82, 2.24) is 4.57 Å². The number of hydrogen-bond acceptors (Lipinski definition) is 2.